The summed E-state index contributed by atoms with van der Waals surface area (Å²) in [5, 5.41) is 0. The summed E-state index contributed by atoms with van der Waals surface area (Å²) in [5.74, 6) is 1.11. The van der Waals surface area contributed by atoms with Gasteiger partial charge in [-0.2, -0.15) is 0 Å². The Morgan fingerprint density at radius 2 is 1.86 bits per heavy atom. The van der Waals surface area contributed by atoms with Crippen LogP contribution in [0.3, 0.4) is 0 Å². The lowest BCUT2D eigenvalue weighted by Crippen LogP contribution is -2.20. The van der Waals surface area contributed by atoms with E-state index in [0.717, 1.165) is 11.5 Å². The SMILES string of the molecule is CC(C1CC1)C(N)c1ccc(F)cc1. The van der Waals surface area contributed by atoms with Crippen LogP contribution in [0.2, 0.25) is 0 Å². The quantitative estimate of drug-likeness (QED) is 0.784. The molecule has 0 aliphatic heterocycles. The van der Waals surface area contributed by atoms with E-state index in [0.29, 0.717) is 5.92 Å². The van der Waals surface area contributed by atoms with Crippen molar-refractivity contribution in [1.82, 2.24) is 0 Å². The second-order valence-electron chi connectivity index (χ2n) is 4.27. The molecule has 0 heterocycles. The maximum Gasteiger partial charge on any atom is 0.123 e. The van der Waals surface area contributed by atoms with Gasteiger partial charge in [0.25, 0.3) is 0 Å². The monoisotopic (exact) mass is 193 g/mol. The molecule has 2 N–H and O–H groups in total. The second-order valence-corrected chi connectivity index (χ2v) is 4.27. The van der Waals surface area contributed by atoms with E-state index < -0.39 is 0 Å². The van der Waals surface area contributed by atoms with Gasteiger partial charge in [0, 0.05) is 6.04 Å². The first-order valence-electron chi connectivity index (χ1n) is 5.19. The summed E-state index contributed by atoms with van der Waals surface area (Å²) in [4.78, 5) is 0. The largest absolute Gasteiger partial charge is 0.324 e. The van der Waals surface area contributed by atoms with E-state index in [9.17, 15) is 4.39 Å². The van der Waals surface area contributed by atoms with E-state index in [1.54, 1.807) is 12.1 Å². The number of nitrogens with two attached hydrogens (primary N) is 1. The zero-order valence-electron chi connectivity index (χ0n) is 8.41. The minimum Gasteiger partial charge on any atom is -0.324 e. The van der Waals surface area contributed by atoms with Crippen molar-refractivity contribution in [2.75, 3.05) is 0 Å². The van der Waals surface area contributed by atoms with Crippen LogP contribution >= 0.6 is 0 Å². The van der Waals surface area contributed by atoms with Gasteiger partial charge in [0.05, 0.1) is 0 Å². The van der Waals surface area contributed by atoms with Gasteiger partial charge in [0.2, 0.25) is 0 Å². The molecule has 2 rings (SSSR count). The van der Waals surface area contributed by atoms with Crippen molar-refractivity contribution < 1.29 is 4.39 Å². The first kappa shape index (κ1) is 9.66. The minimum absolute atomic E-state index is 0.0584. The Kier molecular flexibility index (Phi) is 2.55. The molecular weight excluding hydrogens is 177 g/mol. The van der Waals surface area contributed by atoms with E-state index in [4.69, 9.17) is 5.73 Å². The van der Waals surface area contributed by atoms with Crippen molar-refractivity contribution in [3.8, 4) is 0 Å². The third kappa shape index (κ3) is 1.95. The van der Waals surface area contributed by atoms with Gasteiger partial charge in [-0.3, -0.25) is 0 Å². The highest BCUT2D eigenvalue weighted by atomic mass is 19.1. The Labute approximate surface area is 84.1 Å². The fourth-order valence-corrected chi connectivity index (χ4v) is 1.90. The molecule has 0 aromatic heterocycles. The first-order valence-corrected chi connectivity index (χ1v) is 5.19. The lowest BCUT2D eigenvalue weighted by molar-refractivity contribution is 0.417. The average molecular weight is 193 g/mol. The van der Waals surface area contributed by atoms with E-state index in [-0.39, 0.29) is 11.9 Å². The van der Waals surface area contributed by atoms with Crippen LogP contribution < -0.4 is 5.73 Å². The van der Waals surface area contributed by atoms with Gasteiger partial charge in [0.15, 0.2) is 0 Å². The maximum atomic E-state index is 12.7. The molecule has 1 saturated carbocycles. The topological polar surface area (TPSA) is 26.0 Å². The average Bonchev–Trinajstić information content (AvgIpc) is 3.00. The molecule has 14 heavy (non-hydrogen) atoms. The van der Waals surface area contributed by atoms with Crippen LogP contribution in [0.4, 0.5) is 4.39 Å². The van der Waals surface area contributed by atoms with E-state index in [1.807, 2.05) is 0 Å². The molecule has 0 bridgehead atoms. The summed E-state index contributed by atoms with van der Waals surface area (Å²) in [5.41, 5.74) is 7.15. The minimum atomic E-state index is -0.194. The van der Waals surface area contributed by atoms with Gasteiger partial charge < -0.3 is 5.73 Å². The van der Waals surface area contributed by atoms with Gasteiger partial charge in [-0.15, -0.1) is 0 Å². The summed E-state index contributed by atoms with van der Waals surface area (Å²) in [6.07, 6.45) is 2.60. The van der Waals surface area contributed by atoms with Crippen molar-refractivity contribution in [3.05, 3.63) is 35.6 Å². The molecule has 1 aromatic carbocycles. The summed E-state index contributed by atoms with van der Waals surface area (Å²) in [6.45, 7) is 2.19. The number of halogens is 1. The Hall–Kier alpha value is -0.890. The van der Waals surface area contributed by atoms with E-state index >= 15 is 0 Å². The van der Waals surface area contributed by atoms with Crippen LogP contribution in [0.5, 0.6) is 0 Å². The van der Waals surface area contributed by atoms with Gasteiger partial charge in [0.1, 0.15) is 5.82 Å². The number of rotatable bonds is 3. The highest BCUT2D eigenvalue weighted by Gasteiger charge is 2.32. The fraction of sp³-hybridized carbons (Fsp3) is 0.500. The molecule has 0 saturated heterocycles. The van der Waals surface area contributed by atoms with E-state index in [1.165, 1.54) is 25.0 Å². The third-order valence-electron chi connectivity index (χ3n) is 3.19. The van der Waals surface area contributed by atoms with Gasteiger partial charge in [-0.25, -0.2) is 4.39 Å². The van der Waals surface area contributed by atoms with Gasteiger partial charge in [-0.1, -0.05) is 19.1 Å². The standard InChI is InChI=1S/C12H16FN/c1-8(9-2-3-9)12(14)10-4-6-11(13)7-5-10/h4-9,12H,2-3,14H2,1H3. The van der Waals surface area contributed by atoms with Crippen LogP contribution in [0.25, 0.3) is 0 Å². The maximum absolute atomic E-state index is 12.7. The molecule has 1 nitrogen and oxygen atoms in total. The molecular formula is C12H16FN. The van der Waals surface area contributed by atoms with Crippen molar-refractivity contribution in [2.45, 2.75) is 25.8 Å². The molecule has 1 aromatic rings. The molecule has 2 heteroatoms. The summed E-state index contributed by atoms with van der Waals surface area (Å²) in [6, 6.07) is 6.60. The molecule has 2 unspecified atom stereocenters. The number of hydrogen-bond donors (Lipinski definition) is 1. The van der Waals surface area contributed by atoms with Gasteiger partial charge in [-0.05, 0) is 42.4 Å². The highest BCUT2D eigenvalue weighted by Crippen LogP contribution is 2.41. The smallest absolute Gasteiger partial charge is 0.123 e. The second kappa shape index (κ2) is 3.70. The molecule has 1 aliphatic carbocycles. The highest BCUT2D eigenvalue weighted by molar-refractivity contribution is 5.20. The molecule has 1 aliphatic rings. The summed E-state index contributed by atoms with van der Waals surface area (Å²) < 4.78 is 12.7. The Bertz CT molecular complexity index is 303. The summed E-state index contributed by atoms with van der Waals surface area (Å²) in [7, 11) is 0. The fourth-order valence-electron chi connectivity index (χ4n) is 1.90. The van der Waals surface area contributed by atoms with Crippen molar-refractivity contribution in [3.63, 3.8) is 0 Å². The van der Waals surface area contributed by atoms with Crippen LogP contribution in [-0.2, 0) is 0 Å². The van der Waals surface area contributed by atoms with Crippen molar-refractivity contribution in [2.24, 2.45) is 17.6 Å². The number of hydrogen-bond acceptors (Lipinski definition) is 1. The first-order chi connectivity index (χ1) is 6.68. The normalized spacial score (nSPS) is 20.5. The zero-order chi connectivity index (χ0) is 10.1. The van der Waals surface area contributed by atoms with Crippen LogP contribution in [-0.4, -0.2) is 0 Å². The third-order valence-corrected chi connectivity index (χ3v) is 3.19. The molecule has 0 amide bonds. The lowest BCUT2D eigenvalue weighted by atomic mass is 9.91. The Morgan fingerprint density at radius 1 is 1.29 bits per heavy atom. The van der Waals surface area contributed by atoms with Crippen LogP contribution in [0, 0.1) is 17.7 Å². The van der Waals surface area contributed by atoms with E-state index in [2.05, 4.69) is 6.92 Å². The molecule has 1 fully saturated rings. The van der Waals surface area contributed by atoms with Crippen molar-refractivity contribution >= 4 is 0 Å². The lowest BCUT2D eigenvalue weighted by Gasteiger charge is -2.19. The predicted molar refractivity (Wildman–Crippen MR) is 55.2 cm³/mol. The number of benzene rings is 1. The predicted octanol–water partition coefficient (Wildman–Crippen LogP) is 2.87. The van der Waals surface area contributed by atoms with Gasteiger partial charge >= 0.3 is 0 Å². The Morgan fingerprint density at radius 3 is 2.36 bits per heavy atom. The van der Waals surface area contributed by atoms with Crippen LogP contribution in [0.15, 0.2) is 24.3 Å². The van der Waals surface area contributed by atoms with Crippen molar-refractivity contribution in [1.29, 1.82) is 0 Å². The zero-order valence-corrected chi connectivity index (χ0v) is 8.41. The molecule has 2 atom stereocenters. The molecule has 0 radical (unpaired) electrons. The molecule has 0 spiro atoms. The van der Waals surface area contributed by atoms with Crippen LogP contribution in [0.1, 0.15) is 31.4 Å². The molecule has 76 valence electrons. The summed E-state index contributed by atoms with van der Waals surface area (Å²) >= 11 is 0. The Balaban J connectivity index is 2.09.